The number of nitrogens with one attached hydrogen (secondary N) is 1. The Bertz CT molecular complexity index is 833. The van der Waals surface area contributed by atoms with Crippen molar-refractivity contribution in [2.75, 3.05) is 20.2 Å². The fourth-order valence-corrected chi connectivity index (χ4v) is 2.52. The van der Waals surface area contributed by atoms with Gasteiger partial charge in [-0.2, -0.15) is 0 Å². The van der Waals surface area contributed by atoms with Gasteiger partial charge in [-0.1, -0.05) is 29.8 Å². The van der Waals surface area contributed by atoms with Crippen LogP contribution >= 0.6 is 0 Å². The summed E-state index contributed by atoms with van der Waals surface area (Å²) in [5, 5.41) is 14.3. The second-order valence-corrected chi connectivity index (χ2v) is 5.95. The van der Waals surface area contributed by atoms with Gasteiger partial charge in [0.15, 0.2) is 0 Å². The Hall–Kier alpha value is -3.06. The molecule has 0 spiro atoms. The molecule has 3 amide bonds. The molecule has 26 heavy (non-hydrogen) atoms. The fraction of sp³-hybridized carbons (Fsp3) is 0.263. The number of ether oxygens (including phenoxy) is 1. The van der Waals surface area contributed by atoms with Crippen molar-refractivity contribution in [2.45, 2.75) is 13.3 Å². The second-order valence-electron chi connectivity index (χ2n) is 5.95. The summed E-state index contributed by atoms with van der Waals surface area (Å²) >= 11 is 0. The highest BCUT2D eigenvalue weighted by molar-refractivity contribution is 5.86. The minimum Gasteiger partial charge on any atom is -0.497 e. The van der Waals surface area contributed by atoms with Crippen molar-refractivity contribution in [1.82, 2.24) is 10.4 Å². The molecule has 0 heterocycles. The van der Waals surface area contributed by atoms with E-state index in [-0.39, 0.29) is 25.4 Å². The smallest absolute Gasteiger partial charge is 0.338 e. The van der Waals surface area contributed by atoms with Gasteiger partial charge in [0, 0.05) is 13.0 Å². The first kappa shape index (κ1) is 19.3. The molecule has 0 unspecified atom stereocenters. The van der Waals surface area contributed by atoms with E-state index >= 15 is 0 Å². The highest BCUT2D eigenvalue weighted by Crippen LogP contribution is 2.23. The lowest BCUT2D eigenvalue weighted by atomic mass is 10.0. The number of nitrogens with zero attached hydrogens (tertiary/aromatic N) is 1. The molecule has 0 radical (unpaired) electrons. The summed E-state index contributed by atoms with van der Waals surface area (Å²) < 4.78 is 5.22. The van der Waals surface area contributed by atoms with E-state index < -0.39 is 6.03 Å². The molecular formula is C19H23N3O4. The largest absolute Gasteiger partial charge is 0.497 e. The molecule has 138 valence electrons. The maximum atomic E-state index is 11.9. The topological polar surface area (TPSA) is 105 Å². The normalized spacial score (nSPS) is 11.3. The molecule has 7 heteroatoms. The van der Waals surface area contributed by atoms with Crippen LogP contribution < -0.4 is 15.8 Å². The fourth-order valence-electron chi connectivity index (χ4n) is 2.52. The van der Waals surface area contributed by atoms with Gasteiger partial charge in [-0.25, -0.2) is 9.86 Å². The molecule has 0 aliphatic carbocycles. The van der Waals surface area contributed by atoms with Gasteiger partial charge >= 0.3 is 6.03 Å². The minimum atomic E-state index is -0.954. The van der Waals surface area contributed by atoms with E-state index in [4.69, 9.17) is 15.7 Å². The third-order valence-corrected chi connectivity index (χ3v) is 3.82. The molecule has 0 saturated heterocycles. The first-order valence-electron chi connectivity index (χ1n) is 8.16. The Kier molecular flexibility index (Phi) is 6.57. The Morgan fingerprint density at radius 1 is 1.23 bits per heavy atom. The number of hydrogen-bond donors (Lipinski definition) is 3. The standard InChI is InChI=1S/C19H23N3O4/c1-13(10-18(23)21-7-8-22(25)19(20)24)9-14-3-4-16-12-17(26-2)6-5-15(16)11-14/h3-6,9,11-12,25H,7-8,10H2,1-2H3,(H2,20,24)(H,21,23)/b13-9+. The van der Waals surface area contributed by atoms with Crippen molar-refractivity contribution in [2.24, 2.45) is 5.73 Å². The van der Waals surface area contributed by atoms with Crippen molar-refractivity contribution in [3.8, 4) is 5.75 Å². The van der Waals surface area contributed by atoms with Crippen molar-refractivity contribution >= 4 is 28.8 Å². The van der Waals surface area contributed by atoms with E-state index in [1.54, 1.807) is 7.11 Å². The average molecular weight is 357 g/mol. The van der Waals surface area contributed by atoms with E-state index in [1.165, 1.54) is 0 Å². The van der Waals surface area contributed by atoms with Gasteiger partial charge in [-0.3, -0.25) is 10.0 Å². The highest BCUT2D eigenvalue weighted by Gasteiger charge is 2.07. The number of urea groups is 1. The number of nitrogens with two attached hydrogens (primary N) is 1. The van der Waals surface area contributed by atoms with Crippen LogP contribution in [0.3, 0.4) is 0 Å². The van der Waals surface area contributed by atoms with Crippen LogP contribution in [0.5, 0.6) is 5.75 Å². The Balaban J connectivity index is 1.95. The minimum absolute atomic E-state index is 0.0576. The molecule has 0 aromatic heterocycles. The number of carbonyl (C=O) groups is 2. The summed E-state index contributed by atoms with van der Waals surface area (Å²) in [5.41, 5.74) is 6.78. The van der Waals surface area contributed by atoms with E-state index in [2.05, 4.69) is 5.32 Å². The lowest BCUT2D eigenvalue weighted by molar-refractivity contribution is -0.120. The third kappa shape index (κ3) is 5.49. The van der Waals surface area contributed by atoms with Gasteiger partial charge in [-0.05, 0) is 41.5 Å². The number of methoxy groups -OCH3 is 1. The van der Waals surface area contributed by atoms with E-state index in [0.717, 1.165) is 27.7 Å². The molecule has 2 rings (SSSR count). The average Bonchev–Trinajstić information content (AvgIpc) is 2.60. The van der Waals surface area contributed by atoms with Crippen LogP contribution in [0.1, 0.15) is 18.9 Å². The maximum absolute atomic E-state index is 11.9. The summed E-state index contributed by atoms with van der Waals surface area (Å²) in [6.07, 6.45) is 2.17. The van der Waals surface area contributed by atoms with Gasteiger partial charge in [0.05, 0.1) is 13.7 Å². The van der Waals surface area contributed by atoms with Gasteiger partial charge in [0.1, 0.15) is 5.75 Å². The maximum Gasteiger partial charge on any atom is 0.338 e. The number of carbonyl (C=O) groups excluding carboxylic acids is 2. The van der Waals surface area contributed by atoms with Crippen LogP contribution in [0, 0.1) is 0 Å². The zero-order chi connectivity index (χ0) is 19.1. The monoisotopic (exact) mass is 357 g/mol. The number of benzene rings is 2. The van der Waals surface area contributed by atoms with Gasteiger partial charge in [-0.15, -0.1) is 0 Å². The number of rotatable bonds is 7. The van der Waals surface area contributed by atoms with Crippen molar-refractivity contribution in [3.05, 3.63) is 47.5 Å². The highest BCUT2D eigenvalue weighted by atomic mass is 16.5. The summed E-state index contributed by atoms with van der Waals surface area (Å²) in [5.74, 6) is 0.619. The van der Waals surface area contributed by atoms with E-state index in [9.17, 15) is 9.59 Å². The van der Waals surface area contributed by atoms with E-state index in [1.807, 2.05) is 49.4 Å². The molecule has 2 aromatic rings. The molecular weight excluding hydrogens is 334 g/mol. The van der Waals surface area contributed by atoms with Crippen LogP contribution in [0.25, 0.3) is 16.8 Å². The third-order valence-electron chi connectivity index (χ3n) is 3.82. The molecule has 0 aliphatic rings. The predicted molar refractivity (Wildman–Crippen MR) is 99.9 cm³/mol. The van der Waals surface area contributed by atoms with Crippen molar-refractivity contribution < 1.29 is 19.5 Å². The quantitative estimate of drug-likeness (QED) is 0.523. The summed E-state index contributed by atoms with van der Waals surface area (Å²) in [6, 6.07) is 11.0. The van der Waals surface area contributed by atoms with Gasteiger partial charge < -0.3 is 15.8 Å². The van der Waals surface area contributed by atoms with Crippen molar-refractivity contribution in [3.63, 3.8) is 0 Å². The first-order valence-corrected chi connectivity index (χ1v) is 8.16. The molecule has 0 fully saturated rings. The number of amides is 3. The molecule has 0 atom stereocenters. The first-order chi connectivity index (χ1) is 12.4. The molecule has 4 N–H and O–H groups in total. The van der Waals surface area contributed by atoms with Gasteiger partial charge in [0.2, 0.25) is 5.91 Å². The second kappa shape index (κ2) is 8.87. The number of hydrogen-bond acceptors (Lipinski definition) is 4. The van der Waals surface area contributed by atoms with Gasteiger partial charge in [0.25, 0.3) is 0 Å². The zero-order valence-corrected chi connectivity index (χ0v) is 14.9. The number of primary amides is 1. The molecule has 7 nitrogen and oxygen atoms in total. The molecule has 2 aromatic carbocycles. The van der Waals surface area contributed by atoms with Crippen molar-refractivity contribution in [1.29, 1.82) is 0 Å². The summed E-state index contributed by atoms with van der Waals surface area (Å²) in [7, 11) is 1.64. The van der Waals surface area contributed by atoms with Crippen LogP contribution in [0.4, 0.5) is 4.79 Å². The van der Waals surface area contributed by atoms with Crippen LogP contribution in [-0.2, 0) is 4.79 Å². The Labute approximate surface area is 152 Å². The lowest BCUT2D eigenvalue weighted by Gasteiger charge is -2.12. The van der Waals surface area contributed by atoms with E-state index in [0.29, 0.717) is 5.06 Å². The Morgan fingerprint density at radius 2 is 1.92 bits per heavy atom. The number of fused-ring (bicyclic) bond motifs is 1. The SMILES string of the molecule is COc1ccc2cc(/C=C(\C)CC(=O)NCCN(O)C(N)=O)ccc2c1. The predicted octanol–water partition coefficient (Wildman–Crippen LogP) is 2.53. The summed E-state index contributed by atoms with van der Waals surface area (Å²) in [6.45, 7) is 1.95. The number of hydroxylamine groups is 2. The summed E-state index contributed by atoms with van der Waals surface area (Å²) in [4.78, 5) is 22.6. The lowest BCUT2D eigenvalue weighted by Crippen LogP contribution is -2.39. The molecule has 0 saturated carbocycles. The Morgan fingerprint density at radius 3 is 2.62 bits per heavy atom. The molecule has 0 aliphatic heterocycles. The molecule has 0 bridgehead atoms. The van der Waals surface area contributed by atoms with Crippen LogP contribution in [0.2, 0.25) is 0 Å². The van der Waals surface area contributed by atoms with Crippen LogP contribution in [0.15, 0.2) is 42.0 Å². The zero-order valence-electron chi connectivity index (χ0n) is 14.9. The van der Waals surface area contributed by atoms with Crippen LogP contribution in [-0.4, -0.2) is 42.4 Å².